The van der Waals surface area contributed by atoms with E-state index < -0.39 is 0 Å². The molecule has 0 spiro atoms. The number of benzene rings is 2. The van der Waals surface area contributed by atoms with Gasteiger partial charge in [0.1, 0.15) is 0 Å². The van der Waals surface area contributed by atoms with Gasteiger partial charge in [-0.05, 0) is 24.3 Å². The van der Waals surface area contributed by atoms with Crippen molar-refractivity contribution in [2.24, 2.45) is 0 Å². The zero-order valence-electron chi connectivity index (χ0n) is 12.2. The van der Waals surface area contributed by atoms with Crippen LogP contribution in [0.5, 0.6) is 0 Å². The van der Waals surface area contributed by atoms with E-state index in [9.17, 15) is 0 Å². The van der Waals surface area contributed by atoms with Crippen LogP contribution < -0.4 is 5.32 Å². The first kappa shape index (κ1) is 13.9. The number of unbranched alkanes of at least 4 members (excludes halogenated alkanes) is 2. The van der Waals surface area contributed by atoms with E-state index in [0.717, 1.165) is 0 Å². The van der Waals surface area contributed by atoms with Crippen molar-refractivity contribution in [1.29, 1.82) is 0 Å². The molecule has 1 nitrogen and oxygen atoms in total. The third-order valence-electron chi connectivity index (χ3n) is 3.80. The Morgan fingerprint density at radius 3 is 2.53 bits per heavy atom. The van der Waals surface area contributed by atoms with Crippen molar-refractivity contribution < 1.29 is 0 Å². The lowest BCUT2D eigenvalue weighted by atomic mass is 10.0. The maximum atomic E-state index is 3.73. The van der Waals surface area contributed by atoms with Crippen molar-refractivity contribution in [3.05, 3.63) is 42.5 Å². The van der Waals surface area contributed by atoms with E-state index in [1.54, 1.807) is 0 Å². The number of fused-ring (bicyclic) bond motifs is 1. The molecule has 0 aliphatic heterocycles. The van der Waals surface area contributed by atoms with E-state index in [1.165, 1.54) is 48.6 Å². The molecule has 2 rings (SSSR count). The van der Waals surface area contributed by atoms with Gasteiger partial charge in [-0.2, -0.15) is 0 Å². The fourth-order valence-electron chi connectivity index (χ4n) is 2.59. The van der Waals surface area contributed by atoms with Crippen LogP contribution in [0.3, 0.4) is 0 Å². The molecule has 0 radical (unpaired) electrons. The molecule has 19 heavy (non-hydrogen) atoms. The largest absolute Gasteiger partial charge is 0.382 e. The molecule has 1 heteroatoms. The number of anilines is 1. The molecule has 0 fully saturated rings. The lowest BCUT2D eigenvalue weighted by Gasteiger charge is -2.19. The summed E-state index contributed by atoms with van der Waals surface area (Å²) in [5.41, 5.74) is 1.28. The molecule has 1 N–H and O–H groups in total. The molecule has 0 saturated carbocycles. The molecular formula is C18H25N. The molecule has 1 atom stereocenters. The van der Waals surface area contributed by atoms with Crippen LogP contribution in [-0.4, -0.2) is 6.04 Å². The summed E-state index contributed by atoms with van der Waals surface area (Å²) in [7, 11) is 0. The average molecular weight is 255 g/mol. The van der Waals surface area contributed by atoms with Gasteiger partial charge in [0, 0.05) is 17.1 Å². The highest BCUT2D eigenvalue weighted by molar-refractivity contribution is 5.93. The topological polar surface area (TPSA) is 12.0 Å². The van der Waals surface area contributed by atoms with E-state index in [1.807, 2.05) is 0 Å². The Bertz CT molecular complexity index is 499. The molecular weight excluding hydrogens is 230 g/mol. The van der Waals surface area contributed by atoms with Crippen molar-refractivity contribution >= 4 is 16.5 Å². The van der Waals surface area contributed by atoms with Crippen LogP contribution in [-0.2, 0) is 0 Å². The van der Waals surface area contributed by atoms with Gasteiger partial charge in [-0.25, -0.2) is 0 Å². The predicted molar refractivity (Wildman–Crippen MR) is 85.8 cm³/mol. The second-order valence-electron chi connectivity index (χ2n) is 5.27. The van der Waals surface area contributed by atoms with Crippen molar-refractivity contribution in [3.63, 3.8) is 0 Å². The van der Waals surface area contributed by atoms with E-state index >= 15 is 0 Å². The standard InChI is InChI=1S/C18H25N/c1-3-5-6-12-16(4-2)19-18-14-9-11-15-10-7-8-13-17(15)18/h7-11,13-14,16,19H,3-6,12H2,1-2H3. The Kier molecular flexibility index (Phi) is 5.26. The SMILES string of the molecule is CCCCCC(CC)Nc1cccc2ccccc12. The zero-order chi connectivity index (χ0) is 13.5. The lowest BCUT2D eigenvalue weighted by molar-refractivity contribution is 0.575. The third kappa shape index (κ3) is 3.73. The fourth-order valence-corrected chi connectivity index (χ4v) is 2.59. The second-order valence-corrected chi connectivity index (χ2v) is 5.27. The Morgan fingerprint density at radius 2 is 1.74 bits per heavy atom. The summed E-state index contributed by atoms with van der Waals surface area (Å²) in [5.74, 6) is 0. The zero-order valence-corrected chi connectivity index (χ0v) is 12.2. The summed E-state index contributed by atoms with van der Waals surface area (Å²) in [6.07, 6.45) is 6.42. The Balaban J connectivity index is 2.10. The molecule has 0 saturated heterocycles. The van der Waals surface area contributed by atoms with Gasteiger partial charge in [-0.3, -0.25) is 0 Å². The molecule has 1 unspecified atom stereocenters. The van der Waals surface area contributed by atoms with Crippen LogP contribution >= 0.6 is 0 Å². The normalized spacial score (nSPS) is 12.5. The third-order valence-corrected chi connectivity index (χ3v) is 3.80. The summed E-state index contributed by atoms with van der Waals surface area (Å²) >= 11 is 0. The molecule has 0 bridgehead atoms. The Morgan fingerprint density at radius 1 is 0.947 bits per heavy atom. The average Bonchev–Trinajstić information content (AvgIpc) is 2.46. The first-order chi connectivity index (χ1) is 9.35. The van der Waals surface area contributed by atoms with Crippen molar-refractivity contribution in [2.45, 2.75) is 52.0 Å². The minimum Gasteiger partial charge on any atom is -0.382 e. The maximum absolute atomic E-state index is 3.73. The Hall–Kier alpha value is -1.50. The lowest BCUT2D eigenvalue weighted by Crippen LogP contribution is -2.18. The van der Waals surface area contributed by atoms with Crippen LogP contribution in [0.4, 0.5) is 5.69 Å². The minimum absolute atomic E-state index is 0.595. The van der Waals surface area contributed by atoms with E-state index in [4.69, 9.17) is 0 Å². The minimum atomic E-state index is 0.595. The smallest absolute Gasteiger partial charge is 0.0422 e. The van der Waals surface area contributed by atoms with E-state index in [-0.39, 0.29) is 0 Å². The summed E-state index contributed by atoms with van der Waals surface area (Å²) < 4.78 is 0. The van der Waals surface area contributed by atoms with Crippen molar-refractivity contribution in [3.8, 4) is 0 Å². The van der Waals surface area contributed by atoms with Gasteiger partial charge in [0.15, 0.2) is 0 Å². The van der Waals surface area contributed by atoms with Gasteiger partial charge >= 0.3 is 0 Å². The molecule has 0 aliphatic rings. The molecule has 2 aromatic carbocycles. The highest BCUT2D eigenvalue weighted by atomic mass is 14.9. The summed E-state index contributed by atoms with van der Waals surface area (Å²) in [6.45, 7) is 4.54. The molecule has 2 aromatic rings. The van der Waals surface area contributed by atoms with Gasteiger partial charge in [0.05, 0.1) is 0 Å². The number of rotatable bonds is 7. The second kappa shape index (κ2) is 7.18. The number of nitrogens with one attached hydrogen (secondary N) is 1. The Labute approximate surface area is 117 Å². The first-order valence-corrected chi connectivity index (χ1v) is 7.59. The quantitative estimate of drug-likeness (QED) is 0.634. The predicted octanol–water partition coefficient (Wildman–Crippen LogP) is 5.61. The van der Waals surface area contributed by atoms with Crippen molar-refractivity contribution in [2.75, 3.05) is 5.32 Å². The van der Waals surface area contributed by atoms with Crippen LogP contribution in [0.15, 0.2) is 42.5 Å². The van der Waals surface area contributed by atoms with Crippen molar-refractivity contribution in [1.82, 2.24) is 0 Å². The van der Waals surface area contributed by atoms with Crippen LogP contribution in [0, 0.1) is 0 Å². The van der Waals surface area contributed by atoms with E-state index in [2.05, 4.69) is 61.6 Å². The van der Waals surface area contributed by atoms with Crippen LogP contribution in [0.2, 0.25) is 0 Å². The number of hydrogen-bond donors (Lipinski definition) is 1. The van der Waals surface area contributed by atoms with Gasteiger partial charge in [0.2, 0.25) is 0 Å². The molecule has 0 aliphatic carbocycles. The molecule has 102 valence electrons. The molecule has 0 aromatic heterocycles. The summed E-state index contributed by atoms with van der Waals surface area (Å²) in [6, 6.07) is 15.7. The van der Waals surface area contributed by atoms with Crippen LogP contribution in [0.25, 0.3) is 10.8 Å². The highest BCUT2D eigenvalue weighted by Crippen LogP contribution is 2.24. The first-order valence-electron chi connectivity index (χ1n) is 7.59. The fraction of sp³-hybridized carbons (Fsp3) is 0.444. The number of hydrogen-bond acceptors (Lipinski definition) is 1. The van der Waals surface area contributed by atoms with Gasteiger partial charge in [0.25, 0.3) is 0 Å². The maximum Gasteiger partial charge on any atom is 0.0422 e. The van der Waals surface area contributed by atoms with Crippen LogP contribution in [0.1, 0.15) is 46.0 Å². The molecule has 0 heterocycles. The van der Waals surface area contributed by atoms with E-state index in [0.29, 0.717) is 6.04 Å². The summed E-state index contributed by atoms with van der Waals surface area (Å²) in [4.78, 5) is 0. The van der Waals surface area contributed by atoms with Gasteiger partial charge in [-0.1, -0.05) is 69.5 Å². The van der Waals surface area contributed by atoms with Gasteiger partial charge in [-0.15, -0.1) is 0 Å². The molecule has 0 amide bonds. The van der Waals surface area contributed by atoms with Gasteiger partial charge < -0.3 is 5.32 Å². The summed E-state index contributed by atoms with van der Waals surface area (Å²) in [5, 5.41) is 6.38. The highest BCUT2D eigenvalue weighted by Gasteiger charge is 2.07. The monoisotopic (exact) mass is 255 g/mol.